The van der Waals surface area contributed by atoms with Crippen LogP contribution in [0.1, 0.15) is 15.9 Å². The van der Waals surface area contributed by atoms with E-state index in [4.69, 9.17) is 32.7 Å². The van der Waals surface area contributed by atoms with E-state index in [-0.39, 0.29) is 17.4 Å². The van der Waals surface area contributed by atoms with E-state index >= 15 is 0 Å². The summed E-state index contributed by atoms with van der Waals surface area (Å²) in [6.45, 7) is -0.317. The predicted octanol–water partition coefficient (Wildman–Crippen LogP) is 5.89. The zero-order chi connectivity index (χ0) is 23.9. The fourth-order valence-electron chi connectivity index (χ4n) is 3.17. The molecule has 6 nitrogen and oxygen atoms in total. The van der Waals surface area contributed by atoms with E-state index in [1.807, 2.05) is 36.4 Å². The van der Waals surface area contributed by atoms with Crippen molar-refractivity contribution in [3.05, 3.63) is 106 Å². The minimum absolute atomic E-state index is 0.223. The number of fused-ring (bicyclic) bond motifs is 1. The number of carbonyl (C=O) groups excluding carboxylic acids is 2. The summed E-state index contributed by atoms with van der Waals surface area (Å²) in [4.78, 5) is 24.8. The number of halogens is 2. The fraction of sp³-hybridized carbons (Fsp3) is 0.0385. The molecular formula is C26H18Cl2N2O4. The maximum absolute atomic E-state index is 12.6. The number of ether oxygens (including phenoxy) is 2. The number of carbonyl (C=O) groups is 2. The van der Waals surface area contributed by atoms with E-state index in [2.05, 4.69) is 10.5 Å². The van der Waals surface area contributed by atoms with Crippen LogP contribution in [0.25, 0.3) is 10.8 Å². The van der Waals surface area contributed by atoms with Crippen LogP contribution in [0, 0.1) is 0 Å². The second-order valence-corrected chi connectivity index (χ2v) is 7.87. The van der Waals surface area contributed by atoms with Crippen molar-refractivity contribution in [2.45, 2.75) is 0 Å². The number of hydrogen-bond acceptors (Lipinski definition) is 5. The molecule has 0 saturated carbocycles. The van der Waals surface area contributed by atoms with Crippen molar-refractivity contribution in [1.29, 1.82) is 0 Å². The second-order valence-electron chi connectivity index (χ2n) is 7.09. The third-order valence-electron chi connectivity index (χ3n) is 4.80. The van der Waals surface area contributed by atoms with Crippen LogP contribution in [0.15, 0.2) is 90.0 Å². The Morgan fingerprint density at radius 2 is 1.62 bits per heavy atom. The Morgan fingerprint density at radius 3 is 2.44 bits per heavy atom. The molecule has 1 amide bonds. The molecule has 0 aliphatic heterocycles. The van der Waals surface area contributed by atoms with Crippen molar-refractivity contribution in [2.24, 2.45) is 5.10 Å². The molecule has 0 fully saturated rings. The van der Waals surface area contributed by atoms with Crippen LogP contribution in [-0.4, -0.2) is 24.7 Å². The van der Waals surface area contributed by atoms with E-state index in [1.165, 1.54) is 6.21 Å². The quantitative estimate of drug-likeness (QED) is 0.151. The van der Waals surface area contributed by atoms with Crippen molar-refractivity contribution in [3.63, 3.8) is 0 Å². The lowest BCUT2D eigenvalue weighted by Gasteiger charge is -2.11. The zero-order valence-electron chi connectivity index (χ0n) is 17.7. The van der Waals surface area contributed by atoms with Gasteiger partial charge in [-0.15, -0.1) is 0 Å². The van der Waals surface area contributed by atoms with Gasteiger partial charge in [-0.25, -0.2) is 10.2 Å². The SMILES string of the molecule is O=C(COc1cccc(Cl)c1Cl)NN=Cc1c(OC(=O)c2ccccc2)ccc2ccccc12. The highest BCUT2D eigenvalue weighted by Gasteiger charge is 2.13. The average Bonchev–Trinajstić information content (AvgIpc) is 2.86. The normalized spacial score (nSPS) is 10.9. The van der Waals surface area contributed by atoms with E-state index in [0.29, 0.717) is 21.9 Å². The van der Waals surface area contributed by atoms with E-state index < -0.39 is 11.9 Å². The van der Waals surface area contributed by atoms with Crippen molar-refractivity contribution < 1.29 is 19.1 Å². The number of nitrogens with zero attached hydrogens (tertiary/aromatic N) is 1. The molecule has 0 bridgehead atoms. The summed E-state index contributed by atoms with van der Waals surface area (Å²) in [5, 5.41) is 6.31. The summed E-state index contributed by atoms with van der Waals surface area (Å²) in [6, 6.07) is 24.7. The summed E-state index contributed by atoms with van der Waals surface area (Å²) >= 11 is 12.0. The van der Waals surface area contributed by atoms with E-state index in [0.717, 1.165) is 10.8 Å². The smallest absolute Gasteiger partial charge is 0.343 e. The Morgan fingerprint density at radius 1 is 0.853 bits per heavy atom. The first kappa shape index (κ1) is 23.3. The van der Waals surface area contributed by atoms with Crippen LogP contribution < -0.4 is 14.9 Å². The standard InChI is InChI=1S/C26H18Cl2N2O4/c27-21-11-6-12-23(25(21)28)33-16-24(31)30-29-15-20-19-10-5-4-7-17(19)13-14-22(20)34-26(32)18-8-2-1-3-9-18/h1-15H,16H2,(H,30,31). The zero-order valence-corrected chi connectivity index (χ0v) is 19.2. The van der Waals surface area contributed by atoms with E-state index in [1.54, 1.807) is 48.5 Å². The summed E-state index contributed by atoms with van der Waals surface area (Å²) in [6.07, 6.45) is 1.43. The third kappa shape index (κ3) is 5.54. The number of benzene rings is 4. The molecule has 170 valence electrons. The Hall–Kier alpha value is -3.87. The van der Waals surface area contributed by atoms with Crippen LogP contribution in [0.4, 0.5) is 0 Å². The molecule has 0 saturated heterocycles. The average molecular weight is 493 g/mol. The summed E-state index contributed by atoms with van der Waals surface area (Å²) in [5.74, 6) is -0.401. The Bertz CT molecular complexity index is 1370. The highest BCUT2D eigenvalue weighted by Crippen LogP contribution is 2.31. The number of hydrogen-bond donors (Lipinski definition) is 1. The maximum atomic E-state index is 12.6. The monoisotopic (exact) mass is 492 g/mol. The van der Waals surface area contributed by atoms with Gasteiger partial charge in [-0.3, -0.25) is 4.79 Å². The lowest BCUT2D eigenvalue weighted by atomic mass is 10.0. The van der Waals surface area contributed by atoms with Gasteiger partial charge >= 0.3 is 5.97 Å². The summed E-state index contributed by atoms with van der Waals surface area (Å²) in [7, 11) is 0. The second kappa shape index (κ2) is 10.8. The van der Waals surface area contributed by atoms with Gasteiger partial charge in [-0.1, -0.05) is 77.8 Å². The predicted molar refractivity (Wildman–Crippen MR) is 133 cm³/mol. The lowest BCUT2D eigenvalue weighted by Crippen LogP contribution is -2.24. The number of hydrazone groups is 1. The topological polar surface area (TPSA) is 77.0 Å². The van der Waals surface area contributed by atoms with Crippen LogP contribution in [0.3, 0.4) is 0 Å². The van der Waals surface area contributed by atoms with Gasteiger partial charge in [-0.05, 0) is 41.1 Å². The van der Waals surface area contributed by atoms with E-state index in [9.17, 15) is 9.59 Å². The Kier molecular flexibility index (Phi) is 7.42. The van der Waals surface area contributed by atoms with Gasteiger partial charge < -0.3 is 9.47 Å². The molecule has 4 rings (SSSR count). The first-order valence-corrected chi connectivity index (χ1v) is 11.0. The molecule has 34 heavy (non-hydrogen) atoms. The molecule has 4 aromatic rings. The highest BCUT2D eigenvalue weighted by molar-refractivity contribution is 6.42. The maximum Gasteiger partial charge on any atom is 0.343 e. The van der Waals surface area contributed by atoms with Crippen LogP contribution >= 0.6 is 23.2 Å². The van der Waals surface area contributed by atoms with Gasteiger partial charge in [0.25, 0.3) is 5.91 Å². The molecule has 1 N–H and O–H groups in total. The molecular weight excluding hydrogens is 475 g/mol. The number of esters is 1. The highest BCUT2D eigenvalue weighted by atomic mass is 35.5. The van der Waals surface area contributed by atoms with Gasteiger partial charge in [0.2, 0.25) is 0 Å². The molecule has 4 aromatic carbocycles. The Labute approximate surface area is 205 Å². The van der Waals surface area contributed by atoms with Gasteiger partial charge in [0.05, 0.1) is 16.8 Å². The molecule has 0 radical (unpaired) electrons. The fourth-order valence-corrected chi connectivity index (χ4v) is 3.52. The lowest BCUT2D eigenvalue weighted by molar-refractivity contribution is -0.123. The molecule has 0 heterocycles. The summed E-state index contributed by atoms with van der Waals surface area (Å²) in [5.41, 5.74) is 3.36. The first-order chi connectivity index (χ1) is 16.5. The van der Waals surface area contributed by atoms with Crippen molar-refractivity contribution in [3.8, 4) is 11.5 Å². The van der Waals surface area contributed by atoms with Crippen molar-refractivity contribution in [2.75, 3.05) is 6.61 Å². The van der Waals surface area contributed by atoms with Gasteiger partial charge in [0.15, 0.2) is 6.61 Å². The van der Waals surface area contributed by atoms with Gasteiger partial charge in [0, 0.05) is 5.56 Å². The molecule has 8 heteroatoms. The van der Waals surface area contributed by atoms with Crippen molar-refractivity contribution in [1.82, 2.24) is 5.43 Å². The van der Waals surface area contributed by atoms with Gasteiger partial charge in [0.1, 0.15) is 16.5 Å². The minimum Gasteiger partial charge on any atom is -0.482 e. The van der Waals surface area contributed by atoms with Crippen LogP contribution in [0.2, 0.25) is 10.0 Å². The van der Waals surface area contributed by atoms with Crippen LogP contribution in [-0.2, 0) is 4.79 Å². The summed E-state index contributed by atoms with van der Waals surface area (Å²) < 4.78 is 11.0. The molecule has 0 spiro atoms. The largest absolute Gasteiger partial charge is 0.482 e. The number of nitrogens with one attached hydrogen (secondary N) is 1. The first-order valence-electron chi connectivity index (χ1n) is 10.2. The number of amides is 1. The van der Waals surface area contributed by atoms with Gasteiger partial charge in [-0.2, -0.15) is 5.10 Å². The molecule has 0 aliphatic carbocycles. The number of rotatable bonds is 7. The van der Waals surface area contributed by atoms with Crippen molar-refractivity contribution >= 4 is 52.1 Å². The molecule has 0 atom stereocenters. The third-order valence-corrected chi connectivity index (χ3v) is 5.60. The minimum atomic E-state index is -0.504. The molecule has 0 unspecified atom stereocenters. The molecule has 0 aromatic heterocycles. The molecule has 0 aliphatic rings. The Balaban J connectivity index is 1.50. The van der Waals surface area contributed by atoms with Crippen LogP contribution in [0.5, 0.6) is 11.5 Å².